The van der Waals surface area contributed by atoms with Gasteiger partial charge in [-0.1, -0.05) is 210 Å². The molecule has 148 heavy (non-hydrogen) atoms. The second-order valence-corrected chi connectivity index (χ2v) is 43.9. The molecule has 5 fully saturated rings. The lowest BCUT2D eigenvalue weighted by Crippen LogP contribution is -2.30. The van der Waals surface area contributed by atoms with E-state index in [2.05, 4.69) is 224 Å². The van der Waals surface area contributed by atoms with E-state index in [1.807, 2.05) is 119 Å². The van der Waals surface area contributed by atoms with E-state index in [4.69, 9.17) is 44.4 Å². The highest BCUT2D eigenvalue weighted by atomic mass is 32.2. The quantitative estimate of drug-likeness (QED) is 0.0171. The number of ether oxygens (including phenoxy) is 3. The zero-order chi connectivity index (χ0) is 102. The molecule has 30 heteroatoms. The number of fused-ring (bicyclic) bond motifs is 10. The Kier molecular flexibility index (Phi) is 29.9. The molecule has 10 heterocycles. The standard InChI is InChI=1S/2C25H25N3O2S.C24H23N3O2S.C23H21N3O2S.C21H17N3O2S/c1-4-30-23(29)25(2,3)31-24-27-20-10-7-15-26-22(20)28(24)21-14-13-17(16-11-12-16)18-8-5-6-9-19(18)21;1-2-30-23(29)10-6-16-31-25-27-21-9-5-15-26-24(21)28(25)22-14-13-18(17-11-12-17)19-7-3-4-8-20(19)22;1-3-29-23(28)15(2)30-24-26-20-9-6-14-25-22(20)27(24)21-13-12-17(16-10-11-16)18-7-4-5-8-19(18)21;27-21(28)8-4-14-29-23-25-19-7-3-13-24-22(19)26(23)20-12-11-16(15-9-10-15)17-5-1-2-6-18(17)20;25-19(26)12-27-21-23-17-6-3-11-22-20(17)24(21)18-10-9-14(13-7-8-13)15-4-1-2-5-16(15)18/h5-10,13-16H,4,11-12H2,1-3H3;3-5,7-9,13-15,17H,2,6,10-12,16H2,1H3;4-9,12-16H,3,10-11H2,1-2H3;1-3,5-7,11-13,15H,4,8-10,14H2,(H,27,28);1-6,9-11,13H,7-8,12H2,(H,25,26). The van der Waals surface area contributed by atoms with Crippen molar-refractivity contribution in [3.8, 4) is 28.4 Å². The lowest BCUT2D eigenvalue weighted by molar-refractivity contribution is -0.145. The van der Waals surface area contributed by atoms with Gasteiger partial charge in [-0.05, 0) is 294 Å². The number of hydrogen-bond acceptors (Lipinski definition) is 23. The molecule has 1 atom stereocenters. The van der Waals surface area contributed by atoms with E-state index in [-0.39, 0.29) is 35.3 Å². The molecule has 0 aliphatic heterocycles. The average Bonchev–Trinajstić information content (AvgIpc) is 1.60. The van der Waals surface area contributed by atoms with Gasteiger partial charge in [-0.2, -0.15) is 0 Å². The van der Waals surface area contributed by atoms with Crippen molar-refractivity contribution in [2.45, 2.75) is 197 Å². The second-order valence-electron chi connectivity index (χ2n) is 38.0. The van der Waals surface area contributed by atoms with Crippen LogP contribution in [-0.4, -0.2) is 160 Å². The summed E-state index contributed by atoms with van der Waals surface area (Å²) < 4.78 is 25.2. The summed E-state index contributed by atoms with van der Waals surface area (Å²) >= 11 is 7.29. The summed E-state index contributed by atoms with van der Waals surface area (Å²) in [4.78, 5) is 105. The van der Waals surface area contributed by atoms with Crippen LogP contribution in [0.1, 0.15) is 189 Å². The predicted octanol–water partition coefficient (Wildman–Crippen LogP) is 27.3. The number of thioether (sulfide) groups is 5. The third-order valence-electron chi connectivity index (χ3n) is 27.1. The van der Waals surface area contributed by atoms with E-state index >= 15 is 0 Å². The van der Waals surface area contributed by atoms with Crippen LogP contribution in [0.3, 0.4) is 0 Å². The number of carbonyl (C=O) groups is 5. The molecule has 0 radical (unpaired) electrons. The van der Waals surface area contributed by atoms with Crippen LogP contribution < -0.4 is 0 Å². The Morgan fingerprint density at radius 3 is 0.905 bits per heavy atom. The Labute approximate surface area is 876 Å². The van der Waals surface area contributed by atoms with Gasteiger partial charge in [0.2, 0.25) is 0 Å². The van der Waals surface area contributed by atoms with Crippen LogP contribution in [0.2, 0.25) is 0 Å². The minimum atomic E-state index is -0.861. The molecule has 0 saturated heterocycles. The summed E-state index contributed by atoms with van der Waals surface area (Å²) in [5, 5.41) is 33.9. The van der Waals surface area contributed by atoms with Gasteiger partial charge >= 0.3 is 29.8 Å². The molecule has 0 amide bonds. The molecule has 0 spiro atoms. The molecular weight excluding hydrogens is 1950 g/mol. The van der Waals surface area contributed by atoms with Crippen molar-refractivity contribution in [1.29, 1.82) is 0 Å². The SMILES string of the molecule is CCOC(=O)C(C)(C)Sc1nc2cccnc2n1-c1ccc(C2CC2)c2ccccc12.CCOC(=O)C(C)Sc1nc2cccnc2n1-c1ccc(C2CC2)c2ccccc12.CCOC(=O)CCCSc1nc2cccnc2n1-c1ccc(C2CC2)c2ccccc12.O=C(O)CCCSc1nc2cccnc2n1-c1ccc(C2CC2)c2ccccc12.O=C(O)CSc1nc2cccnc2n1-c1ccc(C2CC2)c2ccccc12. The maximum absolute atomic E-state index is 12.6. The molecule has 5 aliphatic carbocycles. The predicted molar refractivity (Wildman–Crippen MR) is 593 cm³/mol. The van der Waals surface area contributed by atoms with Crippen LogP contribution in [0, 0.1) is 0 Å². The highest BCUT2D eigenvalue weighted by Gasteiger charge is 2.37. The number of benzene rings is 10. The van der Waals surface area contributed by atoms with E-state index in [1.54, 1.807) is 48.3 Å². The molecule has 10 aromatic heterocycles. The van der Waals surface area contributed by atoms with Gasteiger partial charge in [0.25, 0.3) is 0 Å². The van der Waals surface area contributed by atoms with Crippen molar-refractivity contribution in [3.05, 3.63) is 301 Å². The van der Waals surface area contributed by atoms with E-state index in [0.29, 0.717) is 73.2 Å². The van der Waals surface area contributed by atoms with Gasteiger partial charge in [-0.3, -0.25) is 46.8 Å². The molecule has 5 aliphatic rings. The summed E-state index contributed by atoms with van der Waals surface area (Å²) in [5.41, 5.74) is 20.5. The van der Waals surface area contributed by atoms with Crippen LogP contribution in [0.25, 0.3) is 138 Å². The first-order valence-electron chi connectivity index (χ1n) is 50.8. The number of carbonyl (C=O) groups excluding carboxylic acids is 3. The summed E-state index contributed by atoms with van der Waals surface area (Å²) in [6.07, 6.45) is 23.5. The van der Waals surface area contributed by atoms with Gasteiger partial charge in [-0.15, -0.1) is 0 Å². The number of nitrogens with zero attached hydrogens (tertiary/aromatic N) is 15. The van der Waals surface area contributed by atoms with Crippen molar-refractivity contribution in [1.82, 2.24) is 72.7 Å². The molecular formula is C118H111N15O10S5. The van der Waals surface area contributed by atoms with Crippen molar-refractivity contribution in [2.24, 2.45) is 0 Å². The van der Waals surface area contributed by atoms with Gasteiger partial charge in [0, 0.05) is 82.3 Å². The van der Waals surface area contributed by atoms with E-state index in [9.17, 15) is 24.0 Å². The summed E-state index contributed by atoms with van der Waals surface area (Å²) in [5.74, 6) is 2.56. The minimum Gasteiger partial charge on any atom is -0.481 e. The average molecular weight is 2060 g/mol. The Morgan fingerprint density at radius 1 is 0.331 bits per heavy atom. The summed E-state index contributed by atoms with van der Waals surface area (Å²) in [6, 6.07) is 84.0. The van der Waals surface area contributed by atoms with Crippen LogP contribution in [0.4, 0.5) is 0 Å². The van der Waals surface area contributed by atoms with Crippen LogP contribution in [0.5, 0.6) is 0 Å². The first-order valence-corrected chi connectivity index (χ1v) is 55.5. The first-order chi connectivity index (χ1) is 72.4. The minimum absolute atomic E-state index is 0.0403. The second kappa shape index (κ2) is 44.4. The summed E-state index contributed by atoms with van der Waals surface area (Å²) in [6.45, 7) is 12.2. The number of pyridine rings is 5. The molecule has 0 bridgehead atoms. The number of esters is 3. The largest absolute Gasteiger partial charge is 0.481 e. The Hall–Kier alpha value is -14.3. The third-order valence-corrected chi connectivity index (χ3v) is 32.2. The van der Waals surface area contributed by atoms with Crippen LogP contribution in [0.15, 0.2) is 299 Å². The van der Waals surface area contributed by atoms with Gasteiger partial charge in [0.15, 0.2) is 54.0 Å². The molecule has 748 valence electrons. The maximum atomic E-state index is 12.6. The Balaban J connectivity index is 0.000000108. The van der Waals surface area contributed by atoms with Gasteiger partial charge in [0.05, 0.1) is 54.0 Å². The smallest absolute Gasteiger partial charge is 0.322 e. The van der Waals surface area contributed by atoms with Crippen LogP contribution >= 0.6 is 58.8 Å². The molecule has 2 N–H and O–H groups in total. The maximum Gasteiger partial charge on any atom is 0.322 e. The third kappa shape index (κ3) is 21.6. The number of aromatic nitrogens is 15. The molecule has 10 aromatic carbocycles. The number of imidazole rings is 5. The molecule has 25 nitrogen and oxygen atoms in total. The van der Waals surface area contributed by atoms with Crippen molar-refractivity contribution in [3.63, 3.8) is 0 Å². The normalized spacial score (nSPS) is 14.2. The number of carboxylic acid groups (broad SMARTS) is 2. The molecule has 25 rings (SSSR count). The topological polar surface area (TPSA) is 307 Å². The number of rotatable bonds is 32. The number of aliphatic carboxylic acids is 2. The first kappa shape index (κ1) is 99.7. The fraction of sp³-hybridized carbons (Fsp3) is 0.280. The molecule has 5 saturated carbocycles. The van der Waals surface area contributed by atoms with Crippen molar-refractivity contribution < 1.29 is 48.4 Å². The van der Waals surface area contributed by atoms with Crippen molar-refractivity contribution in [2.75, 3.05) is 37.1 Å². The monoisotopic (exact) mass is 2060 g/mol. The number of carboxylic acids is 2. The Bertz CT molecular complexity index is 8430. The lowest BCUT2D eigenvalue weighted by atomic mass is 9.99. The van der Waals surface area contributed by atoms with Crippen molar-refractivity contribution >= 4 is 198 Å². The molecule has 20 aromatic rings. The van der Waals surface area contributed by atoms with E-state index < -0.39 is 16.7 Å². The molecule has 1 unspecified atom stereocenters. The zero-order valence-electron chi connectivity index (χ0n) is 83.0. The van der Waals surface area contributed by atoms with Crippen LogP contribution in [-0.2, 0) is 38.2 Å². The highest BCUT2D eigenvalue weighted by Crippen LogP contribution is 2.51. The summed E-state index contributed by atoms with van der Waals surface area (Å²) in [7, 11) is 0. The lowest BCUT2D eigenvalue weighted by Gasteiger charge is -2.22. The fourth-order valence-corrected chi connectivity index (χ4v) is 24.0. The van der Waals surface area contributed by atoms with E-state index in [1.165, 1.54) is 176 Å². The van der Waals surface area contributed by atoms with Gasteiger partial charge in [0.1, 0.15) is 37.6 Å². The fourth-order valence-electron chi connectivity index (χ4n) is 19.4. The highest BCUT2D eigenvalue weighted by molar-refractivity contribution is 8.01. The zero-order valence-corrected chi connectivity index (χ0v) is 87.1. The van der Waals surface area contributed by atoms with Gasteiger partial charge < -0.3 is 24.4 Å². The Morgan fingerprint density at radius 2 is 0.608 bits per heavy atom. The van der Waals surface area contributed by atoms with Gasteiger partial charge in [-0.25, -0.2) is 49.8 Å². The number of hydrogen-bond donors (Lipinski definition) is 2. The van der Waals surface area contributed by atoms with E-state index in [0.717, 1.165) is 122 Å².